The second kappa shape index (κ2) is 3.30. The van der Waals surface area contributed by atoms with Gasteiger partial charge in [0.15, 0.2) is 11.1 Å². The van der Waals surface area contributed by atoms with Crippen molar-refractivity contribution in [2.45, 2.75) is 32.1 Å². The summed E-state index contributed by atoms with van der Waals surface area (Å²) in [5, 5.41) is 1.55. The minimum Gasteiger partial charge on any atom is -0.303 e. The molecule has 68 valence electrons. The summed E-state index contributed by atoms with van der Waals surface area (Å²) in [5.74, 6) is 1.44. The van der Waals surface area contributed by atoms with E-state index < -0.39 is 11.1 Å². The molecule has 1 unspecified atom stereocenters. The zero-order valence-electron chi connectivity index (χ0n) is 7.03. The molecular formula is C9H14O2S. The topological polar surface area (TPSA) is 37.3 Å². The molecule has 3 saturated carbocycles. The fraction of sp³-hybridized carbons (Fsp3) is 0.778. The van der Waals surface area contributed by atoms with Crippen molar-refractivity contribution in [3.05, 3.63) is 11.0 Å². The number of allylic oxidation sites excluding steroid dienone is 1. The van der Waals surface area contributed by atoms with E-state index in [4.69, 9.17) is 4.55 Å². The monoisotopic (exact) mass is 186 g/mol. The normalized spacial score (nSPS) is 40.2. The molecule has 0 spiro atoms. The third-order valence-electron chi connectivity index (χ3n) is 3.15. The molecule has 3 heteroatoms. The minimum atomic E-state index is -1.73. The van der Waals surface area contributed by atoms with Crippen LogP contribution in [0.5, 0.6) is 0 Å². The predicted octanol–water partition coefficient (Wildman–Crippen LogP) is 2.30. The SMILES string of the molecule is O=S(O)C=C1CC2CCC1CC2. The van der Waals surface area contributed by atoms with Gasteiger partial charge in [0.1, 0.15) is 0 Å². The lowest BCUT2D eigenvalue weighted by molar-refractivity contribution is 0.239. The summed E-state index contributed by atoms with van der Waals surface area (Å²) >= 11 is -1.73. The molecule has 12 heavy (non-hydrogen) atoms. The first-order chi connectivity index (χ1) is 5.75. The lowest BCUT2D eigenvalue weighted by Gasteiger charge is -2.37. The molecule has 0 radical (unpaired) electrons. The van der Waals surface area contributed by atoms with Gasteiger partial charge in [0.05, 0.1) is 0 Å². The zero-order chi connectivity index (χ0) is 8.55. The Kier molecular flexibility index (Phi) is 2.33. The van der Waals surface area contributed by atoms with Crippen LogP contribution in [0.15, 0.2) is 11.0 Å². The molecule has 3 aliphatic rings. The predicted molar refractivity (Wildman–Crippen MR) is 48.9 cm³/mol. The van der Waals surface area contributed by atoms with Gasteiger partial charge in [-0.3, -0.25) is 0 Å². The summed E-state index contributed by atoms with van der Waals surface area (Å²) in [4.78, 5) is 0. The van der Waals surface area contributed by atoms with Gasteiger partial charge in [-0.1, -0.05) is 5.57 Å². The Balaban J connectivity index is 2.13. The molecule has 3 rings (SSSR count). The summed E-state index contributed by atoms with van der Waals surface area (Å²) in [6, 6.07) is 0. The number of hydrogen-bond acceptors (Lipinski definition) is 1. The van der Waals surface area contributed by atoms with E-state index in [1.54, 1.807) is 5.41 Å². The van der Waals surface area contributed by atoms with Crippen molar-refractivity contribution in [2.75, 3.05) is 0 Å². The van der Waals surface area contributed by atoms with Crippen LogP contribution in [0.4, 0.5) is 0 Å². The highest BCUT2D eigenvalue weighted by atomic mass is 32.2. The molecule has 3 fully saturated rings. The van der Waals surface area contributed by atoms with Gasteiger partial charge in [0.2, 0.25) is 0 Å². The average Bonchev–Trinajstić information content (AvgIpc) is 2.05. The second-order valence-electron chi connectivity index (χ2n) is 3.89. The van der Waals surface area contributed by atoms with Crippen molar-refractivity contribution in [3.8, 4) is 0 Å². The van der Waals surface area contributed by atoms with Crippen LogP contribution >= 0.6 is 0 Å². The van der Waals surface area contributed by atoms with E-state index in [-0.39, 0.29) is 0 Å². The third-order valence-corrected chi connectivity index (χ3v) is 3.65. The molecule has 1 N–H and O–H groups in total. The molecule has 0 heterocycles. The molecule has 2 bridgehead atoms. The van der Waals surface area contributed by atoms with Crippen LogP contribution in [0.1, 0.15) is 32.1 Å². The van der Waals surface area contributed by atoms with E-state index in [1.807, 2.05) is 0 Å². The van der Waals surface area contributed by atoms with Crippen molar-refractivity contribution in [1.29, 1.82) is 0 Å². The third kappa shape index (κ3) is 1.62. The molecule has 0 aromatic carbocycles. The van der Waals surface area contributed by atoms with Crippen LogP contribution in [0.25, 0.3) is 0 Å². The van der Waals surface area contributed by atoms with Crippen LogP contribution in [-0.2, 0) is 11.1 Å². The maximum Gasteiger partial charge on any atom is 0.178 e. The second-order valence-corrected chi connectivity index (χ2v) is 4.68. The quantitative estimate of drug-likeness (QED) is 0.638. The Labute approximate surface area is 75.3 Å². The molecule has 1 atom stereocenters. The first-order valence-corrected chi connectivity index (χ1v) is 5.73. The van der Waals surface area contributed by atoms with Gasteiger partial charge < -0.3 is 4.55 Å². The summed E-state index contributed by atoms with van der Waals surface area (Å²) in [7, 11) is 0. The van der Waals surface area contributed by atoms with Crippen LogP contribution in [0.2, 0.25) is 0 Å². The molecule has 0 saturated heterocycles. The van der Waals surface area contributed by atoms with E-state index in [2.05, 4.69) is 0 Å². The van der Waals surface area contributed by atoms with Gasteiger partial charge in [0.25, 0.3) is 0 Å². The van der Waals surface area contributed by atoms with Crippen molar-refractivity contribution in [1.82, 2.24) is 0 Å². The van der Waals surface area contributed by atoms with E-state index in [9.17, 15) is 4.21 Å². The Morgan fingerprint density at radius 2 is 2.00 bits per heavy atom. The summed E-state index contributed by atoms with van der Waals surface area (Å²) in [6.45, 7) is 0. The highest BCUT2D eigenvalue weighted by molar-refractivity contribution is 7.82. The van der Waals surface area contributed by atoms with Crippen molar-refractivity contribution >= 4 is 11.1 Å². The van der Waals surface area contributed by atoms with Crippen molar-refractivity contribution in [2.24, 2.45) is 11.8 Å². The van der Waals surface area contributed by atoms with E-state index in [0.29, 0.717) is 5.92 Å². The highest BCUT2D eigenvalue weighted by Crippen LogP contribution is 2.44. The Bertz CT molecular complexity index is 227. The van der Waals surface area contributed by atoms with Crippen molar-refractivity contribution < 1.29 is 8.76 Å². The van der Waals surface area contributed by atoms with Crippen molar-refractivity contribution in [3.63, 3.8) is 0 Å². The molecule has 2 nitrogen and oxygen atoms in total. The zero-order valence-corrected chi connectivity index (χ0v) is 7.85. The van der Waals surface area contributed by atoms with Gasteiger partial charge in [-0.15, -0.1) is 0 Å². The van der Waals surface area contributed by atoms with E-state index in [0.717, 1.165) is 12.3 Å². The maximum absolute atomic E-state index is 10.6. The van der Waals surface area contributed by atoms with Crippen LogP contribution in [0.3, 0.4) is 0 Å². The number of hydrogen-bond donors (Lipinski definition) is 1. The van der Waals surface area contributed by atoms with Gasteiger partial charge >= 0.3 is 0 Å². The van der Waals surface area contributed by atoms with Crippen LogP contribution < -0.4 is 0 Å². The number of rotatable bonds is 1. The molecule has 0 aliphatic heterocycles. The number of fused-ring (bicyclic) bond motifs is 3. The fourth-order valence-corrected chi connectivity index (χ4v) is 3.06. The fourth-order valence-electron chi connectivity index (χ4n) is 2.51. The summed E-state index contributed by atoms with van der Waals surface area (Å²) in [5.41, 5.74) is 1.25. The van der Waals surface area contributed by atoms with Gasteiger partial charge in [-0.2, -0.15) is 0 Å². The molecule has 0 aromatic heterocycles. The Hall–Kier alpha value is -0.150. The lowest BCUT2D eigenvalue weighted by atomic mass is 9.68. The Morgan fingerprint density at radius 1 is 1.33 bits per heavy atom. The molecule has 3 aliphatic carbocycles. The summed E-state index contributed by atoms with van der Waals surface area (Å²) in [6.07, 6.45) is 6.23. The molecule has 0 aromatic rings. The standard InChI is InChI=1S/C9H14O2S/c10-12(11)6-9-5-7-1-3-8(9)4-2-7/h6-8H,1-5H2,(H,10,11). The first kappa shape index (κ1) is 8.45. The van der Waals surface area contributed by atoms with Crippen LogP contribution in [-0.4, -0.2) is 8.76 Å². The molecule has 0 amide bonds. The minimum absolute atomic E-state index is 0.631. The first-order valence-electron chi connectivity index (χ1n) is 4.56. The van der Waals surface area contributed by atoms with Gasteiger partial charge in [0, 0.05) is 5.41 Å². The largest absolute Gasteiger partial charge is 0.303 e. The van der Waals surface area contributed by atoms with Crippen LogP contribution in [0, 0.1) is 11.8 Å². The average molecular weight is 186 g/mol. The highest BCUT2D eigenvalue weighted by Gasteiger charge is 2.31. The van der Waals surface area contributed by atoms with Gasteiger partial charge in [-0.25, -0.2) is 4.21 Å². The Morgan fingerprint density at radius 3 is 2.42 bits per heavy atom. The summed E-state index contributed by atoms with van der Waals surface area (Å²) < 4.78 is 19.3. The van der Waals surface area contributed by atoms with E-state index in [1.165, 1.54) is 31.3 Å². The maximum atomic E-state index is 10.6. The molecular weight excluding hydrogens is 172 g/mol. The van der Waals surface area contributed by atoms with E-state index >= 15 is 0 Å². The van der Waals surface area contributed by atoms with Gasteiger partial charge in [-0.05, 0) is 43.9 Å². The smallest absolute Gasteiger partial charge is 0.178 e. The lowest BCUT2D eigenvalue weighted by Crippen LogP contribution is -2.24.